The van der Waals surface area contributed by atoms with Crippen molar-refractivity contribution in [2.24, 2.45) is 0 Å². The number of hydrogen-bond acceptors (Lipinski definition) is 3. The molecule has 0 saturated carbocycles. The minimum Gasteiger partial charge on any atom is -0.310 e. The number of nitrogens with zero attached hydrogens (tertiary/aromatic N) is 1. The number of fused-ring (bicyclic) bond motifs is 1. The van der Waals surface area contributed by atoms with Crippen molar-refractivity contribution in [1.82, 2.24) is 10.3 Å². The van der Waals surface area contributed by atoms with Crippen LogP contribution in [0.3, 0.4) is 0 Å². The lowest BCUT2D eigenvalue weighted by Gasteiger charge is -2.09. The molecule has 0 aromatic carbocycles. The number of likely N-dealkylation sites (N-methyl/N-ethyl adjacent to an activating group) is 1. The first kappa shape index (κ1) is 10.3. The van der Waals surface area contributed by atoms with Gasteiger partial charge in [0, 0.05) is 6.20 Å². The van der Waals surface area contributed by atoms with Crippen LogP contribution in [0.25, 0.3) is 0 Å². The third-order valence-corrected chi connectivity index (χ3v) is 2.90. The molecule has 1 unspecified atom stereocenters. The van der Waals surface area contributed by atoms with Gasteiger partial charge in [0.05, 0.1) is 18.2 Å². The number of ketones is 1. The van der Waals surface area contributed by atoms with Crippen LogP contribution in [0.2, 0.25) is 0 Å². The second kappa shape index (κ2) is 4.53. The van der Waals surface area contributed by atoms with Crippen molar-refractivity contribution in [3.05, 3.63) is 29.6 Å². The number of carbonyl (C=O) groups excluding carboxylic acids is 1. The molecule has 0 saturated heterocycles. The van der Waals surface area contributed by atoms with Crippen LogP contribution in [0.1, 0.15) is 30.5 Å². The highest BCUT2D eigenvalue weighted by molar-refractivity contribution is 5.88. The Morgan fingerprint density at radius 1 is 1.67 bits per heavy atom. The molecule has 0 bridgehead atoms. The molecule has 0 fully saturated rings. The molecule has 1 heterocycles. The fourth-order valence-electron chi connectivity index (χ4n) is 2.10. The van der Waals surface area contributed by atoms with E-state index in [2.05, 4.69) is 16.4 Å². The van der Waals surface area contributed by atoms with E-state index in [1.165, 1.54) is 5.56 Å². The molecular formula is C12H16N2O. The van der Waals surface area contributed by atoms with E-state index in [0.717, 1.165) is 25.1 Å². The Hall–Kier alpha value is -1.22. The van der Waals surface area contributed by atoms with Gasteiger partial charge in [0.2, 0.25) is 0 Å². The molecule has 2 rings (SSSR count). The monoisotopic (exact) mass is 204 g/mol. The highest BCUT2D eigenvalue weighted by Gasteiger charge is 2.28. The summed E-state index contributed by atoms with van der Waals surface area (Å²) in [7, 11) is 0. The minimum absolute atomic E-state index is 0.0280. The van der Waals surface area contributed by atoms with Crippen molar-refractivity contribution in [1.29, 1.82) is 0 Å². The number of rotatable bonds is 4. The van der Waals surface area contributed by atoms with Crippen LogP contribution in [0, 0.1) is 0 Å². The fourth-order valence-corrected chi connectivity index (χ4v) is 2.10. The van der Waals surface area contributed by atoms with E-state index in [1.54, 1.807) is 6.20 Å². The van der Waals surface area contributed by atoms with Gasteiger partial charge in [-0.05, 0) is 31.0 Å². The first-order valence-electron chi connectivity index (χ1n) is 5.50. The number of Topliss-reactive ketones (excluding diaryl/α,β-unsaturated/α-hetero) is 1. The lowest BCUT2D eigenvalue weighted by Crippen LogP contribution is -2.26. The van der Waals surface area contributed by atoms with Crippen LogP contribution in [0.5, 0.6) is 0 Å². The van der Waals surface area contributed by atoms with E-state index in [0.29, 0.717) is 6.54 Å². The second-order valence-corrected chi connectivity index (χ2v) is 3.89. The molecule has 1 N–H and O–H groups in total. The van der Waals surface area contributed by atoms with Gasteiger partial charge in [-0.15, -0.1) is 0 Å². The van der Waals surface area contributed by atoms with Gasteiger partial charge in [-0.25, -0.2) is 0 Å². The summed E-state index contributed by atoms with van der Waals surface area (Å²) in [6.07, 6.45) is 3.69. The Balaban J connectivity index is 2.10. The first-order chi connectivity index (χ1) is 7.33. The fraction of sp³-hybridized carbons (Fsp3) is 0.500. The van der Waals surface area contributed by atoms with Crippen molar-refractivity contribution in [2.75, 3.05) is 13.1 Å². The van der Waals surface area contributed by atoms with E-state index in [4.69, 9.17) is 0 Å². The molecule has 1 aromatic heterocycles. The van der Waals surface area contributed by atoms with E-state index in [1.807, 2.05) is 13.0 Å². The van der Waals surface area contributed by atoms with Gasteiger partial charge >= 0.3 is 0 Å². The average Bonchev–Trinajstić information content (AvgIpc) is 2.69. The number of aryl methyl sites for hydroxylation is 1. The Morgan fingerprint density at radius 2 is 2.53 bits per heavy atom. The van der Waals surface area contributed by atoms with Crippen LogP contribution < -0.4 is 5.32 Å². The molecule has 1 atom stereocenters. The van der Waals surface area contributed by atoms with Crippen molar-refractivity contribution < 1.29 is 4.79 Å². The van der Waals surface area contributed by atoms with Crippen molar-refractivity contribution in [3.63, 3.8) is 0 Å². The smallest absolute Gasteiger partial charge is 0.155 e. The van der Waals surface area contributed by atoms with E-state index in [9.17, 15) is 4.79 Å². The molecule has 0 amide bonds. The van der Waals surface area contributed by atoms with Crippen molar-refractivity contribution >= 4 is 5.78 Å². The molecule has 80 valence electrons. The molecule has 1 aliphatic rings. The Kier molecular flexibility index (Phi) is 3.11. The van der Waals surface area contributed by atoms with Gasteiger partial charge in [-0.3, -0.25) is 9.78 Å². The maximum Gasteiger partial charge on any atom is 0.155 e. The summed E-state index contributed by atoms with van der Waals surface area (Å²) in [6, 6.07) is 4.01. The summed E-state index contributed by atoms with van der Waals surface area (Å²) in [5.74, 6) is 0.301. The van der Waals surface area contributed by atoms with E-state index < -0.39 is 0 Å². The molecule has 3 heteroatoms. The second-order valence-electron chi connectivity index (χ2n) is 3.89. The highest BCUT2D eigenvalue weighted by atomic mass is 16.1. The highest BCUT2D eigenvalue weighted by Crippen LogP contribution is 2.31. The summed E-state index contributed by atoms with van der Waals surface area (Å²) in [6.45, 7) is 3.32. The summed E-state index contributed by atoms with van der Waals surface area (Å²) < 4.78 is 0. The SMILES string of the molecule is CCNCC(=O)C1CCc2cccnc21. The van der Waals surface area contributed by atoms with Gasteiger partial charge in [-0.1, -0.05) is 13.0 Å². The van der Waals surface area contributed by atoms with Gasteiger partial charge in [-0.2, -0.15) is 0 Å². The molecule has 3 nitrogen and oxygen atoms in total. The Morgan fingerprint density at radius 3 is 3.33 bits per heavy atom. The predicted octanol–water partition coefficient (Wildman–Crippen LogP) is 1.29. The topological polar surface area (TPSA) is 42.0 Å². The van der Waals surface area contributed by atoms with E-state index >= 15 is 0 Å². The standard InChI is InChI=1S/C12H16N2O/c1-2-13-8-11(15)10-6-5-9-4-3-7-14-12(9)10/h3-4,7,10,13H,2,5-6,8H2,1H3. The molecule has 1 aliphatic carbocycles. The number of hydrogen-bond donors (Lipinski definition) is 1. The largest absolute Gasteiger partial charge is 0.310 e. The van der Waals surface area contributed by atoms with Gasteiger partial charge in [0.15, 0.2) is 5.78 Å². The summed E-state index contributed by atoms with van der Waals surface area (Å²) >= 11 is 0. The molecule has 0 radical (unpaired) electrons. The Labute approximate surface area is 89.9 Å². The number of aromatic nitrogens is 1. The van der Waals surface area contributed by atoms with Crippen LogP contribution >= 0.6 is 0 Å². The zero-order valence-corrected chi connectivity index (χ0v) is 8.99. The number of carbonyl (C=O) groups is 1. The molecular weight excluding hydrogens is 188 g/mol. The summed E-state index contributed by atoms with van der Waals surface area (Å²) in [5.41, 5.74) is 2.24. The van der Waals surface area contributed by atoms with Crippen LogP contribution in [-0.4, -0.2) is 23.9 Å². The zero-order chi connectivity index (χ0) is 10.7. The third-order valence-electron chi connectivity index (χ3n) is 2.90. The number of pyridine rings is 1. The number of nitrogens with one attached hydrogen (secondary N) is 1. The molecule has 0 aliphatic heterocycles. The van der Waals surface area contributed by atoms with Crippen molar-refractivity contribution in [2.45, 2.75) is 25.7 Å². The van der Waals surface area contributed by atoms with Gasteiger partial charge < -0.3 is 5.32 Å². The van der Waals surface area contributed by atoms with Gasteiger partial charge in [0.1, 0.15) is 0 Å². The minimum atomic E-state index is 0.0280. The Bertz CT molecular complexity index is 362. The first-order valence-corrected chi connectivity index (χ1v) is 5.50. The normalized spacial score (nSPS) is 18.9. The quantitative estimate of drug-likeness (QED) is 0.803. The lowest BCUT2D eigenvalue weighted by molar-refractivity contribution is -0.119. The van der Waals surface area contributed by atoms with Crippen molar-refractivity contribution in [3.8, 4) is 0 Å². The lowest BCUT2D eigenvalue weighted by atomic mass is 10.0. The molecule has 15 heavy (non-hydrogen) atoms. The average molecular weight is 204 g/mol. The summed E-state index contributed by atoms with van der Waals surface area (Å²) in [4.78, 5) is 16.2. The van der Waals surface area contributed by atoms with Crippen LogP contribution in [-0.2, 0) is 11.2 Å². The maximum absolute atomic E-state index is 11.9. The van der Waals surface area contributed by atoms with Crippen LogP contribution in [0.15, 0.2) is 18.3 Å². The van der Waals surface area contributed by atoms with Crippen LogP contribution in [0.4, 0.5) is 0 Å². The third kappa shape index (κ3) is 2.07. The molecule has 1 aromatic rings. The van der Waals surface area contributed by atoms with Gasteiger partial charge in [0.25, 0.3) is 0 Å². The van der Waals surface area contributed by atoms with E-state index in [-0.39, 0.29) is 11.7 Å². The zero-order valence-electron chi connectivity index (χ0n) is 8.99. The molecule has 0 spiro atoms. The summed E-state index contributed by atoms with van der Waals surface area (Å²) in [5, 5.41) is 3.08. The maximum atomic E-state index is 11.9. The predicted molar refractivity (Wildman–Crippen MR) is 58.8 cm³/mol.